The molecule has 3 heteroatoms. The first-order chi connectivity index (χ1) is 14.8. The van der Waals surface area contributed by atoms with Crippen LogP contribution in [-0.4, -0.2) is 25.2 Å². The lowest BCUT2D eigenvalue weighted by Gasteiger charge is -2.09. The molecular formula is C27H39NO2. The monoisotopic (exact) mass is 409 g/mol. The lowest BCUT2D eigenvalue weighted by atomic mass is 10.1. The Balaban J connectivity index is 1.36. The maximum absolute atomic E-state index is 6.00. The molecule has 1 atom stereocenters. The minimum Gasteiger partial charge on any atom is -0.494 e. The molecule has 0 aromatic heterocycles. The van der Waals surface area contributed by atoms with Crippen molar-refractivity contribution >= 4 is 16.7 Å². The highest BCUT2D eigenvalue weighted by Gasteiger charge is 2.18. The van der Waals surface area contributed by atoms with Gasteiger partial charge in [0, 0.05) is 5.56 Å². The average Bonchev–Trinajstić information content (AvgIpc) is 3.26. The van der Waals surface area contributed by atoms with E-state index in [1.54, 1.807) is 0 Å². The summed E-state index contributed by atoms with van der Waals surface area (Å²) >= 11 is 0. The van der Waals surface area contributed by atoms with E-state index in [1.807, 2.05) is 0 Å². The molecule has 2 aromatic carbocycles. The number of hydrogen-bond acceptors (Lipinski definition) is 3. The molecule has 0 spiro atoms. The Kier molecular flexibility index (Phi) is 9.53. The van der Waals surface area contributed by atoms with Gasteiger partial charge in [-0.25, -0.2) is 4.99 Å². The molecule has 0 aliphatic carbocycles. The first-order valence-electron chi connectivity index (χ1n) is 12.2. The number of hydrogen-bond donors (Lipinski definition) is 0. The van der Waals surface area contributed by atoms with Gasteiger partial charge < -0.3 is 9.47 Å². The van der Waals surface area contributed by atoms with Gasteiger partial charge in [-0.05, 0) is 47.9 Å². The number of unbranched alkanes of at least 4 members (excludes halogenated alkanes) is 9. The average molecular weight is 410 g/mol. The molecule has 0 saturated heterocycles. The van der Waals surface area contributed by atoms with Crippen LogP contribution in [0.15, 0.2) is 41.4 Å². The van der Waals surface area contributed by atoms with Crippen LogP contribution in [0.3, 0.4) is 0 Å². The van der Waals surface area contributed by atoms with Crippen molar-refractivity contribution in [2.45, 2.75) is 90.5 Å². The summed E-state index contributed by atoms with van der Waals surface area (Å²) in [5.74, 6) is 1.75. The minimum atomic E-state index is 0.303. The standard InChI is InChI=1S/C27H39NO2/c1-3-5-6-7-8-9-10-11-12-13-18-29-26-17-16-22-19-24(15-14-23(22)20-26)27-28-25(4-2)21-30-27/h14-17,19-20,25H,3-13,18,21H2,1-2H3/t25-/m1/s1. The van der Waals surface area contributed by atoms with Crippen molar-refractivity contribution in [2.24, 2.45) is 4.99 Å². The highest BCUT2D eigenvalue weighted by atomic mass is 16.5. The van der Waals surface area contributed by atoms with Gasteiger partial charge in [0.15, 0.2) is 0 Å². The molecule has 1 aliphatic heterocycles. The Bertz CT molecular complexity index is 799. The molecule has 1 aliphatic rings. The van der Waals surface area contributed by atoms with E-state index in [1.165, 1.54) is 68.6 Å². The molecule has 1 heterocycles. The SMILES string of the molecule is CCCCCCCCCCCCOc1ccc2cc(C3=N[C@H](CC)CO3)ccc2c1. The van der Waals surface area contributed by atoms with Crippen LogP contribution in [0.2, 0.25) is 0 Å². The van der Waals surface area contributed by atoms with Crippen molar-refractivity contribution in [3.8, 4) is 5.75 Å². The number of benzene rings is 2. The predicted octanol–water partition coefficient (Wildman–Crippen LogP) is 7.69. The number of fused-ring (bicyclic) bond motifs is 1. The largest absolute Gasteiger partial charge is 0.494 e. The maximum Gasteiger partial charge on any atom is 0.216 e. The van der Waals surface area contributed by atoms with Gasteiger partial charge in [-0.2, -0.15) is 0 Å². The van der Waals surface area contributed by atoms with Crippen LogP contribution in [0.4, 0.5) is 0 Å². The Morgan fingerprint density at radius 2 is 1.50 bits per heavy atom. The first kappa shape index (κ1) is 22.7. The highest BCUT2D eigenvalue weighted by Crippen LogP contribution is 2.24. The van der Waals surface area contributed by atoms with Crippen molar-refractivity contribution in [1.29, 1.82) is 0 Å². The van der Waals surface area contributed by atoms with Gasteiger partial charge in [0.2, 0.25) is 5.90 Å². The maximum atomic E-state index is 6.00. The van der Waals surface area contributed by atoms with Gasteiger partial charge in [-0.3, -0.25) is 0 Å². The smallest absolute Gasteiger partial charge is 0.216 e. The van der Waals surface area contributed by atoms with Gasteiger partial charge in [-0.1, -0.05) is 83.8 Å². The summed E-state index contributed by atoms with van der Waals surface area (Å²) in [4.78, 5) is 4.66. The van der Waals surface area contributed by atoms with Crippen molar-refractivity contribution in [2.75, 3.05) is 13.2 Å². The Morgan fingerprint density at radius 1 is 0.833 bits per heavy atom. The van der Waals surface area contributed by atoms with Crippen LogP contribution in [0.25, 0.3) is 10.8 Å². The Labute approximate surface area is 182 Å². The highest BCUT2D eigenvalue weighted by molar-refractivity contribution is 5.99. The molecule has 3 nitrogen and oxygen atoms in total. The van der Waals surface area contributed by atoms with Gasteiger partial charge >= 0.3 is 0 Å². The molecule has 0 fully saturated rings. The normalized spacial score (nSPS) is 15.9. The molecular weight excluding hydrogens is 370 g/mol. The van der Waals surface area contributed by atoms with Gasteiger partial charge in [-0.15, -0.1) is 0 Å². The molecule has 0 N–H and O–H groups in total. The Morgan fingerprint density at radius 3 is 2.20 bits per heavy atom. The van der Waals surface area contributed by atoms with Crippen LogP contribution in [0.1, 0.15) is 90.0 Å². The number of rotatable bonds is 14. The molecule has 0 unspecified atom stereocenters. The van der Waals surface area contributed by atoms with Gasteiger partial charge in [0.1, 0.15) is 12.4 Å². The quantitative estimate of drug-likeness (QED) is 0.299. The van der Waals surface area contributed by atoms with Crippen LogP contribution in [-0.2, 0) is 4.74 Å². The van der Waals surface area contributed by atoms with Crippen LogP contribution < -0.4 is 4.74 Å². The zero-order valence-electron chi connectivity index (χ0n) is 19.0. The van der Waals surface area contributed by atoms with Crippen molar-refractivity contribution in [1.82, 2.24) is 0 Å². The summed E-state index contributed by atoms with van der Waals surface area (Å²) in [5, 5.41) is 2.40. The predicted molar refractivity (Wildman–Crippen MR) is 128 cm³/mol. The summed E-state index contributed by atoms with van der Waals surface area (Å²) in [6.07, 6.45) is 14.5. The number of ether oxygens (including phenoxy) is 2. The lowest BCUT2D eigenvalue weighted by Crippen LogP contribution is -2.03. The molecule has 0 saturated carbocycles. The van der Waals surface area contributed by atoms with E-state index in [4.69, 9.17) is 9.47 Å². The van der Waals surface area contributed by atoms with E-state index in [9.17, 15) is 0 Å². The minimum absolute atomic E-state index is 0.303. The third-order valence-corrected chi connectivity index (χ3v) is 6.01. The zero-order chi connectivity index (χ0) is 21.0. The van der Waals surface area contributed by atoms with E-state index >= 15 is 0 Å². The summed E-state index contributed by atoms with van der Waals surface area (Å²) in [7, 11) is 0. The summed E-state index contributed by atoms with van der Waals surface area (Å²) in [6.45, 7) is 5.94. The molecule has 0 radical (unpaired) electrons. The van der Waals surface area contributed by atoms with E-state index < -0.39 is 0 Å². The molecule has 2 aromatic rings. The van der Waals surface area contributed by atoms with E-state index in [-0.39, 0.29) is 0 Å². The molecule has 0 bridgehead atoms. The van der Waals surface area contributed by atoms with Crippen LogP contribution in [0, 0.1) is 0 Å². The second-order valence-corrected chi connectivity index (χ2v) is 8.56. The molecule has 30 heavy (non-hydrogen) atoms. The zero-order valence-corrected chi connectivity index (χ0v) is 19.0. The fourth-order valence-electron chi connectivity index (χ4n) is 4.01. The van der Waals surface area contributed by atoms with Gasteiger partial charge in [0.25, 0.3) is 0 Å². The third-order valence-electron chi connectivity index (χ3n) is 6.01. The molecule has 164 valence electrons. The number of nitrogens with zero attached hydrogens (tertiary/aromatic N) is 1. The van der Waals surface area contributed by atoms with E-state index in [0.29, 0.717) is 12.6 Å². The van der Waals surface area contributed by atoms with E-state index in [0.717, 1.165) is 36.7 Å². The summed E-state index contributed by atoms with van der Waals surface area (Å²) in [6, 6.07) is 13.1. The second kappa shape index (κ2) is 12.6. The molecule has 0 amide bonds. The van der Waals surface area contributed by atoms with Crippen molar-refractivity contribution < 1.29 is 9.47 Å². The van der Waals surface area contributed by atoms with Gasteiger partial charge in [0.05, 0.1) is 12.6 Å². The van der Waals surface area contributed by atoms with Crippen molar-refractivity contribution in [3.63, 3.8) is 0 Å². The summed E-state index contributed by atoms with van der Waals surface area (Å²) < 4.78 is 11.8. The summed E-state index contributed by atoms with van der Waals surface area (Å²) in [5.41, 5.74) is 1.07. The van der Waals surface area contributed by atoms with E-state index in [2.05, 4.69) is 55.2 Å². The van der Waals surface area contributed by atoms with Crippen LogP contribution in [0.5, 0.6) is 5.75 Å². The van der Waals surface area contributed by atoms with Crippen molar-refractivity contribution in [3.05, 3.63) is 42.0 Å². The first-order valence-corrected chi connectivity index (χ1v) is 12.2. The number of aliphatic imine (C=N–C) groups is 1. The Hall–Kier alpha value is -2.03. The second-order valence-electron chi connectivity index (χ2n) is 8.56. The third kappa shape index (κ3) is 7.04. The fourth-order valence-corrected chi connectivity index (χ4v) is 4.01. The molecule has 3 rings (SSSR count). The van der Waals surface area contributed by atoms with Crippen LogP contribution >= 0.6 is 0 Å². The lowest BCUT2D eigenvalue weighted by molar-refractivity contribution is 0.304. The fraction of sp³-hybridized carbons (Fsp3) is 0.593. The topological polar surface area (TPSA) is 30.8 Å².